The number of nitrogens with two attached hydrogens (primary N) is 1. The quantitative estimate of drug-likeness (QED) is 0.464. The van der Waals surface area contributed by atoms with E-state index in [1.54, 1.807) is 41.8 Å². The predicted molar refractivity (Wildman–Crippen MR) is 135 cm³/mol. The van der Waals surface area contributed by atoms with E-state index in [2.05, 4.69) is 16.8 Å². The minimum absolute atomic E-state index is 0.0159. The Kier molecular flexibility index (Phi) is 7.33. The van der Waals surface area contributed by atoms with Gasteiger partial charge >= 0.3 is 5.69 Å². The number of rotatable bonds is 7. The molecule has 0 radical (unpaired) electrons. The molecule has 184 valence electrons. The number of aromatic nitrogens is 4. The molecule has 0 bridgehead atoms. The maximum absolute atomic E-state index is 13.5. The Morgan fingerprint density at radius 1 is 1.23 bits per heavy atom. The number of imidazole rings is 1. The molecule has 2 N–H and O–H groups in total. The van der Waals surface area contributed by atoms with Crippen molar-refractivity contribution in [3.8, 4) is 11.8 Å². The predicted octanol–water partition coefficient (Wildman–Crippen LogP) is 0.224. The summed E-state index contributed by atoms with van der Waals surface area (Å²) in [6.45, 7) is 2.73. The second-order valence-corrected chi connectivity index (χ2v) is 9.97. The molecular weight excluding hydrogens is 468 g/mol. The van der Waals surface area contributed by atoms with Crippen molar-refractivity contribution in [2.45, 2.75) is 43.8 Å². The summed E-state index contributed by atoms with van der Waals surface area (Å²) in [5.41, 5.74) is 5.30. The highest BCUT2D eigenvalue weighted by molar-refractivity contribution is 7.85. The largest absolute Gasteiger partial charge is 0.341 e. The molecule has 2 atom stereocenters. The van der Waals surface area contributed by atoms with Crippen LogP contribution in [0.25, 0.3) is 11.2 Å². The van der Waals surface area contributed by atoms with Crippen molar-refractivity contribution < 1.29 is 9.00 Å². The summed E-state index contributed by atoms with van der Waals surface area (Å²) in [6, 6.07) is 8.58. The Bertz CT molecular complexity index is 1460. The van der Waals surface area contributed by atoms with Gasteiger partial charge in [0.25, 0.3) is 5.56 Å². The molecule has 1 aliphatic heterocycles. The van der Waals surface area contributed by atoms with Gasteiger partial charge in [-0.2, -0.15) is 4.98 Å². The van der Waals surface area contributed by atoms with E-state index in [4.69, 9.17) is 5.73 Å². The van der Waals surface area contributed by atoms with E-state index in [0.29, 0.717) is 17.4 Å². The Hall–Kier alpha value is -3.49. The zero-order chi connectivity index (χ0) is 25.1. The number of nitrogens with zero attached hydrogens (tertiary/aromatic N) is 5. The lowest BCUT2D eigenvalue weighted by Gasteiger charge is -2.31. The number of hydrogen-bond acceptors (Lipinski definition) is 7. The van der Waals surface area contributed by atoms with Gasteiger partial charge in [-0.25, -0.2) is 4.79 Å². The van der Waals surface area contributed by atoms with Crippen molar-refractivity contribution >= 4 is 33.7 Å². The zero-order valence-electron chi connectivity index (χ0n) is 19.8. The molecule has 11 heteroatoms. The third kappa shape index (κ3) is 4.99. The van der Waals surface area contributed by atoms with Gasteiger partial charge in [0, 0.05) is 31.1 Å². The van der Waals surface area contributed by atoms with Crippen molar-refractivity contribution in [2.75, 3.05) is 23.7 Å². The average Bonchev–Trinajstić information content (AvgIpc) is 3.24. The van der Waals surface area contributed by atoms with Crippen LogP contribution in [-0.4, -0.2) is 53.6 Å². The fourth-order valence-corrected chi connectivity index (χ4v) is 5.28. The Labute approximate surface area is 204 Å². The van der Waals surface area contributed by atoms with Crippen LogP contribution in [0.3, 0.4) is 0 Å². The molecule has 2 aromatic heterocycles. The molecule has 3 aromatic rings. The first-order valence-corrected chi connectivity index (χ1v) is 12.7. The summed E-state index contributed by atoms with van der Waals surface area (Å²) in [7, 11) is -0.0567. The molecule has 0 aliphatic carbocycles. The zero-order valence-corrected chi connectivity index (χ0v) is 20.6. The van der Waals surface area contributed by atoms with Gasteiger partial charge in [0.05, 0.1) is 29.6 Å². The lowest BCUT2D eigenvalue weighted by atomic mass is 10.1. The molecule has 1 aromatic carbocycles. The van der Waals surface area contributed by atoms with Crippen LogP contribution in [0.1, 0.15) is 19.8 Å². The number of Topliss-reactive ketones (excluding diaryl/α,β-unsaturated/α-hetero) is 1. The van der Waals surface area contributed by atoms with Crippen molar-refractivity contribution in [2.24, 2.45) is 12.8 Å². The number of fused-ring (bicyclic) bond motifs is 1. The number of hydrogen-bond donors (Lipinski definition) is 1. The summed E-state index contributed by atoms with van der Waals surface area (Å²) < 4.78 is 16.4. The third-order valence-electron chi connectivity index (χ3n) is 6.00. The minimum atomic E-state index is -1.57. The van der Waals surface area contributed by atoms with Crippen LogP contribution in [0, 0.1) is 11.8 Å². The minimum Gasteiger partial charge on any atom is -0.341 e. The van der Waals surface area contributed by atoms with Gasteiger partial charge in [-0.1, -0.05) is 24.1 Å². The van der Waals surface area contributed by atoms with Crippen LogP contribution < -0.4 is 21.9 Å². The molecule has 10 nitrogen and oxygen atoms in total. The van der Waals surface area contributed by atoms with Crippen molar-refractivity contribution in [1.82, 2.24) is 18.7 Å². The maximum Gasteiger partial charge on any atom is 0.332 e. The topological polar surface area (TPSA) is 125 Å². The highest BCUT2D eigenvalue weighted by Gasteiger charge is 2.26. The normalized spacial score (nSPS) is 16.7. The molecule has 0 spiro atoms. The molecule has 1 saturated heterocycles. The van der Waals surface area contributed by atoms with Crippen molar-refractivity contribution in [1.29, 1.82) is 0 Å². The van der Waals surface area contributed by atoms with Crippen LogP contribution >= 0.6 is 0 Å². The molecule has 2 unspecified atom stereocenters. The van der Waals surface area contributed by atoms with Crippen LogP contribution in [0.4, 0.5) is 5.95 Å². The number of piperidine rings is 1. The maximum atomic E-state index is 13.5. The molecule has 35 heavy (non-hydrogen) atoms. The van der Waals surface area contributed by atoms with Crippen LogP contribution in [0.5, 0.6) is 0 Å². The standard InChI is InChI=1S/C24H28N6O4S/c1-3-4-13-29-20-21(26-23(29)28-12-8-9-17(25)14-28)27(2)24(33)30(22(20)32)15-18(31)16-35(34)19-10-6-5-7-11-19/h5-7,10-11,17H,8-9,12-16,25H2,1-2H3. The number of anilines is 1. The van der Waals surface area contributed by atoms with Gasteiger partial charge < -0.3 is 10.6 Å². The van der Waals surface area contributed by atoms with Gasteiger partial charge in [0.15, 0.2) is 16.9 Å². The van der Waals surface area contributed by atoms with E-state index in [9.17, 15) is 18.6 Å². The second-order valence-electron chi connectivity index (χ2n) is 8.52. The Balaban J connectivity index is 1.75. The second kappa shape index (κ2) is 10.4. The van der Waals surface area contributed by atoms with E-state index in [-0.39, 0.29) is 29.5 Å². The van der Waals surface area contributed by atoms with Crippen molar-refractivity contribution in [3.05, 3.63) is 51.2 Å². The number of aryl methyl sites for hydroxylation is 1. The fourth-order valence-electron chi connectivity index (χ4n) is 4.26. The number of ketones is 1. The average molecular weight is 497 g/mol. The molecule has 4 rings (SSSR count). The first kappa shape index (κ1) is 24.6. The molecule has 3 heterocycles. The lowest BCUT2D eigenvalue weighted by Crippen LogP contribution is -2.44. The van der Waals surface area contributed by atoms with E-state index in [0.717, 1.165) is 24.0 Å². The molecule has 1 aliphatic rings. The van der Waals surface area contributed by atoms with E-state index >= 15 is 0 Å². The fraction of sp³-hybridized carbons (Fsp3) is 0.417. The summed E-state index contributed by atoms with van der Waals surface area (Å²) >= 11 is 0. The Morgan fingerprint density at radius 3 is 2.66 bits per heavy atom. The van der Waals surface area contributed by atoms with E-state index in [1.165, 1.54) is 11.6 Å². The first-order valence-electron chi connectivity index (χ1n) is 11.4. The monoisotopic (exact) mass is 496 g/mol. The lowest BCUT2D eigenvalue weighted by molar-refractivity contribution is -0.117. The summed E-state index contributed by atoms with van der Waals surface area (Å²) in [5.74, 6) is 5.55. The number of benzene rings is 1. The highest BCUT2D eigenvalue weighted by atomic mass is 32.2. The van der Waals surface area contributed by atoms with E-state index in [1.807, 2.05) is 4.90 Å². The Morgan fingerprint density at radius 2 is 1.97 bits per heavy atom. The molecular formula is C24H28N6O4S. The van der Waals surface area contributed by atoms with Crippen LogP contribution in [-0.2, 0) is 35.7 Å². The van der Waals surface area contributed by atoms with Crippen LogP contribution in [0.2, 0.25) is 0 Å². The highest BCUT2D eigenvalue weighted by Crippen LogP contribution is 2.22. The molecule has 1 fully saturated rings. The molecule has 0 amide bonds. The number of carbonyl (C=O) groups is 1. The van der Waals surface area contributed by atoms with Gasteiger partial charge in [0.1, 0.15) is 0 Å². The summed E-state index contributed by atoms with van der Waals surface area (Å²) in [6.07, 6.45) is 1.79. The van der Waals surface area contributed by atoms with Gasteiger partial charge in [-0.05, 0) is 31.9 Å². The van der Waals surface area contributed by atoms with E-state index < -0.39 is 34.4 Å². The summed E-state index contributed by atoms with van der Waals surface area (Å²) in [5, 5.41) is 0. The summed E-state index contributed by atoms with van der Waals surface area (Å²) in [4.78, 5) is 46.4. The van der Waals surface area contributed by atoms with Gasteiger partial charge in [-0.15, -0.1) is 5.92 Å². The smallest absolute Gasteiger partial charge is 0.332 e. The van der Waals surface area contributed by atoms with Crippen LogP contribution in [0.15, 0.2) is 44.8 Å². The number of carbonyl (C=O) groups excluding carboxylic acids is 1. The van der Waals surface area contributed by atoms with Crippen molar-refractivity contribution in [3.63, 3.8) is 0 Å². The van der Waals surface area contributed by atoms with Gasteiger partial charge in [0.2, 0.25) is 5.95 Å². The first-order chi connectivity index (χ1) is 16.8. The SMILES string of the molecule is CC#CCn1c(N2CCCC(N)C2)nc2c1c(=O)n(CC(=O)CS(=O)c1ccccc1)c(=O)n2C. The third-order valence-corrected chi connectivity index (χ3v) is 7.38. The van der Waals surface area contributed by atoms with Gasteiger partial charge in [-0.3, -0.25) is 27.5 Å². The molecule has 0 saturated carbocycles.